The molecule has 0 aromatic heterocycles. The van der Waals surface area contributed by atoms with Crippen molar-refractivity contribution in [1.82, 2.24) is 0 Å². The van der Waals surface area contributed by atoms with E-state index in [1.54, 1.807) is 24.3 Å². The van der Waals surface area contributed by atoms with Gasteiger partial charge >= 0.3 is 5.97 Å². The number of rotatable bonds is 12. The van der Waals surface area contributed by atoms with Crippen molar-refractivity contribution in [3.8, 4) is 5.75 Å². The number of hydrogen-bond donors (Lipinski definition) is 0. The third-order valence-electron chi connectivity index (χ3n) is 3.34. The maximum Gasteiger partial charge on any atom is 0.376 e. The number of unbranched alkanes of at least 4 members (excludes halogenated alkanes) is 7. The first-order valence-corrected chi connectivity index (χ1v) is 7.91. The van der Waals surface area contributed by atoms with Gasteiger partial charge < -0.3 is 4.74 Å². The van der Waals surface area contributed by atoms with Gasteiger partial charge in [-0.25, -0.2) is 4.79 Å². The van der Waals surface area contributed by atoms with E-state index in [0.29, 0.717) is 11.3 Å². The second-order valence-corrected chi connectivity index (χ2v) is 5.10. The van der Waals surface area contributed by atoms with Crippen LogP contribution in [0, 0.1) is 13.5 Å². The number of ether oxygens (including phenoxy) is 1. The van der Waals surface area contributed by atoms with Crippen molar-refractivity contribution in [1.29, 1.82) is 0 Å². The summed E-state index contributed by atoms with van der Waals surface area (Å²) in [5.41, 5.74) is 0.351. The molecule has 4 heteroatoms. The van der Waals surface area contributed by atoms with Gasteiger partial charge in [0, 0.05) is 0 Å². The smallest absolute Gasteiger partial charge is 0.376 e. The summed E-state index contributed by atoms with van der Waals surface area (Å²) in [5, 5.41) is 0. The van der Waals surface area contributed by atoms with Crippen LogP contribution in [-0.4, -0.2) is 13.1 Å². The molecular weight excluding hydrogens is 280 g/mol. The van der Waals surface area contributed by atoms with Crippen molar-refractivity contribution < 1.29 is 19.3 Å². The largest absolute Gasteiger partial charge is 0.496 e. The van der Waals surface area contributed by atoms with E-state index in [1.165, 1.54) is 39.4 Å². The first-order chi connectivity index (χ1) is 10.8. The van der Waals surface area contributed by atoms with Gasteiger partial charge in [-0.05, 0) is 18.6 Å². The zero-order chi connectivity index (χ0) is 16.0. The van der Waals surface area contributed by atoms with Crippen LogP contribution in [0.1, 0.15) is 61.7 Å². The molecule has 0 bridgehead atoms. The molecule has 0 atom stereocenters. The van der Waals surface area contributed by atoms with Gasteiger partial charge in [0.1, 0.15) is 17.9 Å². The first-order valence-electron chi connectivity index (χ1n) is 7.91. The fraction of sp³-hybridized carbons (Fsp3) is 0.500. The predicted octanol–water partition coefficient (Wildman–Crippen LogP) is 4.90. The summed E-state index contributed by atoms with van der Waals surface area (Å²) in [6.07, 6.45) is 8.98. The third-order valence-corrected chi connectivity index (χ3v) is 3.34. The third kappa shape index (κ3) is 7.46. The molecule has 22 heavy (non-hydrogen) atoms. The van der Waals surface area contributed by atoms with Crippen molar-refractivity contribution in [3.05, 3.63) is 43.4 Å². The zero-order valence-electron chi connectivity index (χ0n) is 13.4. The summed E-state index contributed by atoms with van der Waals surface area (Å²) in [6.45, 7) is 5.36. The predicted molar refractivity (Wildman–Crippen MR) is 86.1 cm³/mol. The molecule has 0 unspecified atom stereocenters. The van der Waals surface area contributed by atoms with Crippen LogP contribution in [0.4, 0.5) is 0 Å². The van der Waals surface area contributed by atoms with E-state index in [-0.39, 0.29) is 0 Å². The lowest BCUT2D eigenvalue weighted by Crippen LogP contribution is -2.06. The van der Waals surface area contributed by atoms with Crippen molar-refractivity contribution in [2.75, 3.05) is 7.11 Å². The summed E-state index contributed by atoms with van der Waals surface area (Å²) in [7, 11) is 1.51. The minimum Gasteiger partial charge on any atom is -0.496 e. The highest BCUT2D eigenvalue weighted by molar-refractivity contribution is 5.92. The molecule has 4 nitrogen and oxygen atoms in total. The van der Waals surface area contributed by atoms with E-state index in [4.69, 9.17) is 14.5 Å². The Morgan fingerprint density at radius 3 is 2.50 bits per heavy atom. The fourth-order valence-electron chi connectivity index (χ4n) is 2.10. The Kier molecular flexibility index (Phi) is 10.1. The lowest BCUT2D eigenvalue weighted by atomic mass is 10.1. The van der Waals surface area contributed by atoms with E-state index in [9.17, 15) is 4.79 Å². The Balaban J connectivity index is 2.06. The van der Waals surface area contributed by atoms with E-state index in [1.807, 2.05) is 0 Å². The van der Waals surface area contributed by atoms with Crippen molar-refractivity contribution in [2.24, 2.45) is 0 Å². The van der Waals surface area contributed by atoms with Crippen LogP contribution in [0.2, 0.25) is 0 Å². The van der Waals surface area contributed by atoms with E-state index >= 15 is 0 Å². The van der Waals surface area contributed by atoms with Crippen molar-refractivity contribution in [2.45, 2.75) is 51.4 Å². The van der Waals surface area contributed by atoms with Crippen LogP contribution in [0.5, 0.6) is 5.75 Å². The zero-order valence-corrected chi connectivity index (χ0v) is 13.4. The van der Waals surface area contributed by atoms with Crippen LogP contribution in [-0.2, 0) is 9.78 Å². The Morgan fingerprint density at radius 2 is 1.77 bits per heavy atom. The number of benzene rings is 1. The number of carbonyl (C=O) groups excluding carboxylic acids is 1. The average molecular weight is 306 g/mol. The van der Waals surface area contributed by atoms with Gasteiger partial charge in [-0.1, -0.05) is 64.0 Å². The van der Waals surface area contributed by atoms with Gasteiger partial charge in [0.05, 0.1) is 7.11 Å². The van der Waals surface area contributed by atoms with Crippen LogP contribution < -0.4 is 4.74 Å². The summed E-state index contributed by atoms with van der Waals surface area (Å²) in [4.78, 5) is 21.4. The molecule has 0 saturated carbocycles. The van der Waals surface area contributed by atoms with Gasteiger partial charge in [0.25, 0.3) is 0 Å². The summed E-state index contributed by atoms with van der Waals surface area (Å²) in [6, 6.07) is 6.88. The van der Waals surface area contributed by atoms with Gasteiger partial charge in [-0.2, -0.15) is 4.89 Å². The molecule has 1 rings (SSSR count). The molecule has 0 aliphatic rings. The molecule has 0 amide bonds. The molecule has 1 aromatic rings. The minimum atomic E-state index is -0.554. The minimum absolute atomic E-state index is 0.351. The van der Waals surface area contributed by atoms with Crippen molar-refractivity contribution in [3.63, 3.8) is 0 Å². The molecule has 0 aliphatic heterocycles. The molecule has 0 fully saturated rings. The molecule has 0 N–H and O–H groups in total. The lowest BCUT2D eigenvalue weighted by molar-refractivity contribution is -0.213. The normalized spacial score (nSPS) is 10.5. The molecule has 0 heterocycles. The van der Waals surface area contributed by atoms with Crippen molar-refractivity contribution >= 4 is 5.97 Å². The average Bonchev–Trinajstić information content (AvgIpc) is 2.56. The molecule has 0 spiro atoms. The highest BCUT2D eigenvalue weighted by Gasteiger charge is 2.13. The molecule has 2 radical (unpaired) electrons. The summed E-state index contributed by atoms with van der Waals surface area (Å²) < 4.78 is 5.10. The van der Waals surface area contributed by atoms with Crippen LogP contribution in [0.25, 0.3) is 0 Å². The highest BCUT2D eigenvalue weighted by atomic mass is 17.2. The highest BCUT2D eigenvalue weighted by Crippen LogP contribution is 2.18. The van der Waals surface area contributed by atoms with Gasteiger partial charge in [-0.3, -0.25) is 4.89 Å². The van der Waals surface area contributed by atoms with E-state index in [0.717, 1.165) is 25.7 Å². The molecule has 0 saturated heterocycles. The Labute approximate surface area is 133 Å². The lowest BCUT2D eigenvalue weighted by Gasteiger charge is -2.07. The number of carbonyl (C=O) groups is 1. The maximum absolute atomic E-state index is 11.8. The second-order valence-electron chi connectivity index (χ2n) is 5.10. The Hall–Kier alpha value is -1.55. The molecule has 1 aromatic carbocycles. The van der Waals surface area contributed by atoms with Crippen LogP contribution in [0.15, 0.2) is 24.3 Å². The number of para-hydroxylation sites is 1. The number of methoxy groups -OCH3 is 1. The quantitative estimate of drug-likeness (QED) is 0.313. The maximum atomic E-state index is 11.8. The van der Waals surface area contributed by atoms with E-state index < -0.39 is 5.97 Å². The van der Waals surface area contributed by atoms with Gasteiger partial charge in [0.2, 0.25) is 0 Å². The Bertz CT molecular complexity index is 417. The topological polar surface area (TPSA) is 44.8 Å². The Morgan fingerprint density at radius 1 is 1.09 bits per heavy atom. The van der Waals surface area contributed by atoms with Gasteiger partial charge in [-0.15, -0.1) is 0 Å². The fourth-order valence-corrected chi connectivity index (χ4v) is 2.10. The summed E-state index contributed by atoms with van der Waals surface area (Å²) in [5.74, 6) is -0.0831. The SMILES string of the molecule is [CH2]CCCCCCCC[CH]OOC(=O)c1ccccc1OC. The second kappa shape index (κ2) is 12.0. The standard InChI is InChI=1S/C18H26O4/c1-3-4-5-6-7-8-9-12-15-21-22-18(19)16-13-10-11-14-17(16)20-2/h10-11,13-15H,1,3-9,12H2,2H3. The van der Waals surface area contributed by atoms with Crippen LogP contribution >= 0.6 is 0 Å². The van der Waals surface area contributed by atoms with Crippen LogP contribution in [0.3, 0.4) is 0 Å². The first kappa shape index (κ1) is 18.5. The molecule has 122 valence electrons. The molecule has 0 aliphatic carbocycles. The number of hydrogen-bond acceptors (Lipinski definition) is 4. The van der Waals surface area contributed by atoms with Gasteiger partial charge in [0.15, 0.2) is 0 Å². The monoisotopic (exact) mass is 306 g/mol. The summed E-state index contributed by atoms with van der Waals surface area (Å²) >= 11 is 0. The van der Waals surface area contributed by atoms with E-state index in [2.05, 4.69) is 6.92 Å². The molecular formula is C18H26O4.